The molecule has 3 aromatic rings. The summed E-state index contributed by atoms with van der Waals surface area (Å²) >= 11 is 0. The first-order valence-corrected chi connectivity index (χ1v) is 10.0. The first-order chi connectivity index (χ1) is 15.1. The van der Waals surface area contributed by atoms with Gasteiger partial charge < -0.3 is 9.47 Å². The summed E-state index contributed by atoms with van der Waals surface area (Å²) in [7, 11) is 2.58. The Morgan fingerprint density at radius 3 is 1.68 bits per heavy atom. The lowest BCUT2D eigenvalue weighted by molar-refractivity contribution is -0.160. The largest absolute Gasteiger partial charge is 0.467 e. The fraction of sp³-hybridized carbons (Fsp3) is 0.200. The van der Waals surface area contributed by atoms with Crippen molar-refractivity contribution in [2.24, 2.45) is 0 Å². The van der Waals surface area contributed by atoms with Crippen molar-refractivity contribution in [3.05, 3.63) is 96.6 Å². The van der Waals surface area contributed by atoms with Gasteiger partial charge in [0.1, 0.15) is 0 Å². The molecule has 0 saturated carbocycles. The van der Waals surface area contributed by atoms with Gasteiger partial charge in [-0.25, -0.2) is 9.59 Å². The van der Waals surface area contributed by atoms with Crippen LogP contribution in [0.5, 0.6) is 0 Å². The molecule has 1 atom stereocenters. The van der Waals surface area contributed by atoms with Crippen LogP contribution in [0.2, 0.25) is 0 Å². The smallest absolute Gasteiger partial charge is 0.345 e. The number of nitrogens with zero attached hydrogens (tertiary/aromatic N) is 2. The molecule has 0 aliphatic carbocycles. The van der Waals surface area contributed by atoms with Gasteiger partial charge in [-0.05, 0) is 29.8 Å². The number of benzene rings is 3. The molecule has 0 spiro atoms. The van der Waals surface area contributed by atoms with E-state index in [4.69, 9.17) is 9.47 Å². The summed E-state index contributed by atoms with van der Waals surface area (Å²) in [5.74, 6) is -1.33. The number of hydrazine groups is 1. The number of carbonyl (C=O) groups is 2. The molecule has 6 heteroatoms. The van der Waals surface area contributed by atoms with Crippen molar-refractivity contribution in [3.8, 4) is 0 Å². The monoisotopic (exact) mass is 416 g/mol. The molecule has 1 aliphatic rings. The number of ether oxygens (including phenoxy) is 2. The lowest BCUT2D eigenvalue weighted by atomic mass is 9.89. The second-order valence-corrected chi connectivity index (χ2v) is 7.30. The van der Waals surface area contributed by atoms with Crippen LogP contribution in [-0.4, -0.2) is 31.7 Å². The molecule has 0 aromatic heterocycles. The van der Waals surface area contributed by atoms with E-state index in [9.17, 15) is 9.59 Å². The third-order valence-electron chi connectivity index (χ3n) is 5.61. The van der Waals surface area contributed by atoms with Crippen molar-refractivity contribution in [2.75, 3.05) is 24.2 Å². The predicted molar refractivity (Wildman–Crippen MR) is 118 cm³/mol. The quantitative estimate of drug-likeness (QED) is 0.460. The summed E-state index contributed by atoms with van der Waals surface area (Å²) in [6, 6.07) is 28.6. The highest BCUT2D eigenvalue weighted by Crippen LogP contribution is 2.48. The molecule has 4 rings (SSSR count). The van der Waals surface area contributed by atoms with Gasteiger partial charge in [0, 0.05) is 6.42 Å². The molecule has 6 nitrogen and oxygen atoms in total. The van der Waals surface area contributed by atoms with Gasteiger partial charge in [0.25, 0.3) is 5.54 Å². The van der Waals surface area contributed by atoms with E-state index < -0.39 is 17.5 Å². The van der Waals surface area contributed by atoms with Crippen molar-refractivity contribution in [1.82, 2.24) is 0 Å². The summed E-state index contributed by atoms with van der Waals surface area (Å²) in [6.07, 6.45) is 0.167. The highest BCUT2D eigenvalue weighted by atomic mass is 16.5. The first-order valence-electron chi connectivity index (χ1n) is 10.0. The number of para-hydroxylation sites is 2. The van der Waals surface area contributed by atoms with Crippen LogP contribution in [0.1, 0.15) is 18.0 Å². The summed E-state index contributed by atoms with van der Waals surface area (Å²) in [5.41, 5.74) is 0.818. The zero-order valence-electron chi connectivity index (χ0n) is 17.5. The van der Waals surface area contributed by atoms with E-state index in [1.807, 2.05) is 96.0 Å². The highest BCUT2D eigenvalue weighted by Gasteiger charge is 2.63. The minimum absolute atomic E-state index is 0.167. The lowest BCUT2D eigenvalue weighted by Crippen LogP contribution is -2.61. The maximum atomic E-state index is 13.3. The molecule has 0 amide bonds. The maximum absolute atomic E-state index is 13.3. The van der Waals surface area contributed by atoms with Gasteiger partial charge >= 0.3 is 11.9 Å². The Kier molecular flexibility index (Phi) is 5.62. The SMILES string of the molecule is COC(=O)C1(C(=O)OC)CC(c2ccccc2)N(c2ccccc2)N1c1ccccc1. The van der Waals surface area contributed by atoms with Gasteiger partial charge in [0.05, 0.1) is 31.6 Å². The molecular weight excluding hydrogens is 392 g/mol. The number of esters is 2. The molecule has 0 bridgehead atoms. The van der Waals surface area contributed by atoms with Gasteiger partial charge in [0.15, 0.2) is 0 Å². The van der Waals surface area contributed by atoms with Crippen molar-refractivity contribution in [1.29, 1.82) is 0 Å². The van der Waals surface area contributed by atoms with Crippen LogP contribution in [0.4, 0.5) is 11.4 Å². The Morgan fingerprint density at radius 1 is 0.742 bits per heavy atom. The van der Waals surface area contributed by atoms with E-state index in [-0.39, 0.29) is 12.5 Å². The molecule has 1 aliphatic heterocycles. The predicted octanol–water partition coefficient (Wildman–Crippen LogP) is 4.14. The minimum atomic E-state index is -1.68. The van der Waals surface area contributed by atoms with E-state index in [1.165, 1.54) is 14.2 Å². The van der Waals surface area contributed by atoms with Crippen molar-refractivity contribution in [2.45, 2.75) is 18.0 Å². The molecular formula is C25H24N2O4. The Labute approximate surface area is 181 Å². The third kappa shape index (κ3) is 3.40. The lowest BCUT2D eigenvalue weighted by Gasteiger charge is -2.41. The molecule has 0 radical (unpaired) electrons. The van der Waals surface area contributed by atoms with Crippen LogP contribution in [0.3, 0.4) is 0 Å². The minimum Gasteiger partial charge on any atom is -0.467 e. The molecule has 1 unspecified atom stereocenters. The molecule has 158 valence electrons. The number of anilines is 2. The fourth-order valence-electron chi connectivity index (χ4n) is 4.26. The van der Waals surface area contributed by atoms with Gasteiger partial charge in [-0.2, -0.15) is 0 Å². The van der Waals surface area contributed by atoms with E-state index in [0.717, 1.165) is 11.3 Å². The Hall–Kier alpha value is -3.80. The molecule has 31 heavy (non-hydrogen) atoms. The molecule has 3 aromatic carbocycles. The normalized spacial score (nSPS) is 17.3. The average Bonchev–Trinajstić information content (AvgIpc) is 3.22. The van der Waals surface area contributed by atoms with E-state index in [0.29, 0.717) is 5.69 Å². The number of methoxy groups -OCH3 is 2. The van der Waals surface area contributed by atoms with Crippen LogP contribution < -0.4 is 10.0 Å². The Bertz CT molecular complexity index is 1020. The van der Waals surface area contributed by atoms with E-state index in [2.05, 4.69) is 0 Å². The zero-order chi connectivity index (χ0) is 21.8. The topological polar surface area (TPSA) is 59.1 Å². The second-order valence-electron chi connectivity index (χ2n) is 7.30. The van der Waals surface area contributed by atoms with Crippen LogP contribution in [0, 0.1) is 0 Å². The van der Waals surface area contributed by atoms with Crippen LogP contribution in [-0.2, 0) is 19.1 Å². The van der Waals surface area contributed by atoms with Gasteiger partial charge in [-0.1, -0.05) is 66.7 Å². The Balaban J connectivity index is 2.01. The molecule has 1 heterocycles. The van der Waals surface area contributed by atoms with Crippen molar-refractivity contribution >= 4 is 23.3 Å². The van der Waals surface area contributed by atoms with Gasteiger partial charge in [-0.3, -0.25) is 10.0 Å². The fourth-order valence-corrected chi connectivity index (χ4v) is 4.26. The van der Waals surface area contributed by atoms with Crippen LogP contribution >= 0.6 is 0 Å². The van der Waals surface area contributed by atoms with E-state index in [1.54, 1.807) is 5.01 Å². The summed E-state index contributed by atoms with van der Waals surface area (Å²) < 4.78 is 10.3. The molecule has 1 saturated heterocycles. The second kappa shape index (κ2) is 8.52. The van der Waals surface area contributed by atoms with Gasteiger partial charge in [-0.15, -0.1) is 0 Å². The van der Waals surface area contributed by atoms with Crippen LogP contribution in [0.25, 0.3) is 0 Å². The van der Waals surface area contributed by atoms with Crippen molar-refractivity contribution < 1.29 is 19.1 Å². The first kappa shape index (κ1) is 20.5. The standard InChI is InChI=1S/C25H24N2O4/c1-30-23(28)25(24(29)31-2)18-22(19-12-6-3-7-13-19)26(20-14-8-4-9-15-20)27(25)21-16-10-5-11-17-21/h3-17,22H,18H2,1-2H3. The Morgan fingerprint density at radius 2 is 1.19 bits per heavy atom. The van der Waals surface area contributed by atoms with Crippen LogP contribution in [0.15, 0.2) is 91.0 Å². The number of rotatable bonds is 5. The zero-order valence-corrected chi connectivity index (χ0v) is 17.5. The third-order valence-corrected chi connectivity index (χ3v) is 5.61. The summed E-state index contributed by atoms with van der Waals surface area (Å²) in [6.45, 7) is 0. The number of hydrogen-bond acceptors (Lipinski definition) is 6. The van der Waals surface area contributed by atoms with Gasteiger partial charge in [0.2, 0.25) is 0 Å². The number of hydrogen-bond donors (Lipinski definition) is 0. The number of carbonyl (C=O) groups excluding carboxylic acids is 2. The summed E-state index contributed by atoms with van der Waals surface area (Å²) in [5, 5.41) is 3.70. The van der Waals surface area contributed by atoms with Crippen molar-refractivity contribution in [3.63, 3.8) is 0 Å². The summed E-state index contributed by atoms with van der Waals surface area (Å²) in [4.78, 5) is 26.6. The average molecular weight is 416 g/mol. The highest BCUT2D eigenvalue weighted by molar-refractivity contribution is 6.10. The molecule has 1 fully saturated rings. The van der Waals surface area contributed by atoms with E-state index >= 15 is 0 Å². The maximum Gasteiger partial charge on any atom is 0.345 e. The molecule has 0 N–H and O–H groups in total.